The minimum Gasteiger partial charge on any atom is -0.376 e. The van der Waals surface area contributed by atoms with Crippen molar-refractivity contribution in [1.29, 1.82) is 0 Å². The van der Waals surface area contributed by atoms with Crippen molar-refractivity contribution >= 4 is 22.9 Å². The summed E-state index contributed by atoms with van der Waals surface area (Å²) in [5, 5.41) is 6.21. The summed E-state index contributed by atoms with van der Waals surface area (Å²) >= 11 is 0. The first-order valence-corrected chi connectivity index (χ1v) is 8.61. The fourth-order valence-corrected chi connectivity index (χ4v) is 3.36. The Morgan fingerprint density at radius 3 is 2.81 bits per heavy atom. The predicted molar refractivity (Wildman–Crippen MR) is 99.1 cm³/mol. The van der Waals surface area contributed by atoms with Crippen LogP contribution in [0.25, 0.3) is 5.57 Å². The summed E-state index contributed by atoms with van der Waals surface area (Å²) in [6.45, 7) is 2.82. The van der Waals surface area contributed by atoms with Gasteiger partial charge in [0.1, 0.15) is 0 Å². The lowest BCUT2D eigenvalue weighted by molar-refractivity contribution is -0.110. The van der Waals surface area contributed by atoms with Crippen LogP contribution in [0, 0.1) is 6.92 Å². The fourth-order valence-electron chi connectivity index (χ4n) is 3.36. The second kappa shape index (κ2) is 6.90. The van der Waals surface area contributed by atoms with E-state index in [4.69, 9.17) is 4.74 Å². The molecular weight excluding hydrogens is 333 g/mol. The van der Waals surface area contributed by atoms with Gasteiger partial charge in [0, 0.05) is 24.0 Å². The van der Waals surface area contributed by atoms with Gasteiger partial charge >= 0.3 is 0 Å². The third-order valence-corrected chi connectivity index (χ3v) is 4.63. The monoisotopic (exact) mass is 353 g/mol. The Labute approximate surface area is 151 Å². The number of nitrogens with zero attached hydrogens (tertiary/aromatic N) is 2. The van der Waals surface area contributed by atoms with Gasteiger partial charge in [-0.3, -0.25) is 9.80 Å². The quantitative estimate of drug-likeness (QED) is 0.679. The Morgan fingerprint density at radius 2 is 2.04 bits per heavy atom. The van der Waals surface area contributed by atoms with Crippen molar-refractivity contribution < 1.29 is 13.9 Å². The van der Waals surface area contributed by atoms with Crippen LogP contribution in [0.1, 0.15) is 11.1 Å². The van der Waals surface area contributed by atoms with Crippen molar-refractivity contribution in [3.63, 3.8) is 0 Å². The first-order chi connectivity index (χ1) is 12.6. The van der Waals surface area contributed by atoms with Crippen LogP contribution in [0.5, 0.6) is 0 Å². The van der Waals surface area contributed by atoms with E-state index in [1.54, 1.807) is 16.2 Å². The minimum absolute atomic E-state index is 0.00825. The molecule has 0 spiro atoms. The lowest BCUT2D eigenvalue weighted by Crippen LogP contribution is -2.51. The maximum absolute atomic E-state index is 14.6. The average Bonchev–Trinajstić information content (AvgIpc) is 2.98. The summed E-state index contributed by atoms with van der Waals surface area (Å²) in [4.78, 5) is 12.6. The van der Waals surface area contributed by atoms with Gasteiger partial charge in [0.05, 0.1) is 24.5 Å². The van der Waals surface area contributed by atoms with Crippen molar-refractivity contribution in [2.75, 3.05) is 30.1 Å². The van der Waals surface area contributed by atoms with Crippen molar-refractivity contribution in [3.8, 4) is 0 Å². The van der Waals surface area contributed by atoms with Crippen LogP contribution in [-0.4, -0.2) is 37.0 Å². The van der Waals surface area contributed by atoms with E-state index in [1.165, 1.54) is 0 Å². The number of alkyl halides is 1. The van der Waals surface area contributed by atoms with Crippen LogP contribution in [0.3, 0.4) is 0 Å². The van der Waals surface area contributed by atoms with E-state index in [9.17, 15) is 9.18 Å². The van der Waals surface area contributed by atoms with Crippen LogP contribution in [-0.2, 0) is 9.53 Å². The summed E-state index contributed by atoms with van der Waals surface area (Å²) in [5.41, 5.74) is 3.97. The van der Waals surface area contributed by atoms with Crippen molar-refractivity contribution in [2.24, 2.45) is 0 Å². The number of hydrogen-bond acceptors (Lipinski definition) is 4. The highest BCUT2D eigenvalue weighted by atomic mass is 19.1. The van der Waals surface area contributed by atoms with Gasteiger partial charge in [0.15, 0.2) is 6.30 Å². The maximum Gasteiger partial charge on any atom is 0.257 e. The zero-order valence-corrected chi connectivity index (χ0v) is 14.5. The van der Waals surface area contributed by atoms with E-state index in [0.29, 0.717) is 18.7 Å². The van der Waals surface area contributed by atoms with Crippen LogP contribution in [0.15, 0.2) is 54.7 Å². The summed E-state index contributed by atoms with van der Waals surface area (Å²) < 4.78 is 19.8. The molecule has 5 nitrogen and oxygen atoms in total. The van der Waals surface area contributed by atoms with Gasteiger partial charge in [-0.25, -0.2) is 4.39 Å². The zero-order valence-electron chi connectivity index (χ0n) is 14.5. The average molecular weight is 353 g/mol. The lowest BCUT2D eigenvalue weighted by atomic mass is 10.0. The molecule has 1 unspecified atom stereocenters. The third kappa shape index (κ3) is 2.98. The number of carbonyl (C=O) groups is 1. The molecule has 0 aliphatic carbocycles. The van der Waals surface area contributed by atoms with Crippen molar-refractivity contribution in [2.45, 2.75) is 13.2 Å². The van der Waals surface area contributed by atoms with E-state index in [2.05, 4.69) is 5.32 Å². The lowest BCUT2D eigenvalue weighted by Gasteiger charge is -2.39. The molecule has 2 aliphatic rings. The van der Waals surface area contributed by atoms with E-state index in [0.717, 1.165) is 22.5 Å². The molecule has 1 saturated heterocycles. The van der Waals surface area contributed by atoms with Gasteiger partial charge in [-0.05, 0) is 30.7 Å². The Morgan fingerprint density at radius 1 is 1.23 bits per heavy atom. The fraction of sp³-hybridized carbons (Fsp3) is 0.250. The second-order valence-corrected chi connectivity index (χ2v) is 6.35. The largest absolute Gasteiger partial charge is 0.376 e. The molecule has 1 fully saturated rings. The minimum atomic E-state index is -1.28. The van der Waals surface area contributed by atoms with Gasteiger partial charge in [0.2, 0.25) is 0 Å². The second-order valence-electron chi connectivity index (χ2n) is 6.35. The molecule has 0 bridgehead atoms. The number of anilines is 2. The summed E-state index contributed by atoms with van der Waals surface area (Å²) in [5.74, 6) is -0.182. The van der Waals surface area contributed by atoms with E-state index < -0.39 is 6.30 Å². The molecule has 1 atom stereocenters. The Balaban J connectivity index is 1.81. The Kier molecular flexibility index (Phi) is 4.44. The maximum atomic E-state index is 14.6. The highest BCUT2D eigenvalue weighted by molar-refractivity contribution is 6.32. The zero-order chi connectivity index (χ0) is 18.1. The molecule has 2 aromatic rings. The summed E-state index contributed by atoms with van der Waals surface area (Å²) in [6.07, 6.45) is 0.447. The molecule has 1 N–H and O–H groups in total. The van der Waals surface area contributed by atoms with Crippen LogP contribution in [0.2, 0.25) is 0 Å². The standard InChI is InChI=1S/C20H20FN3O2/c1-14-6-5-9-17-19(14)16(20(25)22-17)12-24(15-7-3-2-4-8-15)23-10-11-26-13-18(23)21/h2-9,12,18H,10-11,13H2,1H3,(H,22,25). The highest BCUT2D eigenvalue weighted by Crippen LogP contribution is 2.35. The van der Waals surface area contributed by atoms with Crippen molar-refractivity contribution in [1.82, 2.24) is 5.01 Å². The molecule has 2 aromatic carbocycles. The number of ether oxygens (including phenoxy) is 1. The molecule has 6 heteroatoms. The molecule has 0 radical (unpaired) electrons. The molecule has 2 aliphatic heterocycles. The first kappa shape index (κ1) is 16.8. The van der Waals surface area contributed by atoms with Crippen molar-refractivity contribution in [3.05, 3.63) is 65.9 Å². The van der Waals surface area contributed by atoms with Crippen LogP contribution >= 0.6 is 0 Å². The van der Waals surface area contributed by atoms with Crippen LogP contribution < -0.4 is 10.3 Å². The number of halogens is 1. The number of hydrogen-bond donors (Lipinski definition) is 1. The number of nitrogens with one attached hydrogen (secondary N) is 1. The molecule has 0 saturated carbocycles. The molecule has 134 valence electrons. The van der Waals surface area contributed by atoms with E-state index in [-0.39, 0.29) is 12.5 Å². The topological polar surface area (TPSA) is 44.8 Å². The Hall–Kier alpha value is -2.70. The third-order valence-electron chi connectivity index (χ3n) is 4.63. The van der Waals surface area contributed by atoms with Crippen LogP contribution in [0.4, 0.5) is 15.8 Å². The number of rotatable bonds is 3. The van der Waals surface area contributed by atoms with Gasteiger partial charge in [0.25, 0.3) is 5.91 Å². The number of morpholine rings is 1. The molecule has 1 amide bonds. The Bertz CT molecular complexity index is 853. The number of amides is 1. The number of fused-ring (bicyclic) bond motifs is 1. The normalized spacial score (nSPS) is 21.5. The summed E-state index contributed by atoms with van der Waals surface area (Å²) in [6, 6.07) is 15.2. The molecule has 0 aromatic heterocycles. The first-order valence-electron chi connectivity index (χ1n) is 8.61. The SMILES string of the molecule is Cc1cccc2c1C(=CN(c1ccccc1)N1CCOCC1F)C(=O)N2. The molecule has 4 rings (SSSR count). The molecule has 2 heterocycles. The number of aryl methyl sites for hydroxylation is 1. The smallest absolute Gasteiger partial charge is 0.257 e. The number of para-hydroxylation sites is 1. The summed E-state index contributed by atoms with van der Waals surface area (Å²) in [7, 11) is 0. The number of benzene rings is 2. The number of carbonyl (C=O) groups excluding carboxylic acids is 1. The van der Waals surface area contributed by atoms with Gasteiger partial charge in [-0.15, -0.1) is 0 Å². The van der Waals surface area contributed by atoms with E-state index >= 15 is 0 Å². The molecular formula is C20H20FN3O2. The number of hydrazine groups is 1. The molecule has 26 heavy (non-hydrogen) atoms. The van der Waals surface area contributed by atoms with Gasteiger partial charge in [-0.1, -0.05) is 30.3 Å². The predicted octanol–water partition coefficient (Wildman–Crippen LogP) is 3.34. The van der Waals surface area contributed by atoms with Gasteiger partial charge < -0.3 is 10.1 Å². The van der Waals surface area contributed by atoms with E-state index in [1.807, 2.05) is 55.5 Å². The highest BCUT2D eigenvalue weighted by Gasteiger charge is 2.31. The van der Waals surface area contributed by atoms with Gasteiger partial charge in [-0.2, -0.15) is 5.01 Å².